The Morgan fingerprint density at radius 1 is 1.42 bits per heavy atom. The maximum Gasteiger partial charge on any atom is 0.338 e. The first-order valence-electron chi connectivity index (χ1n) is 5.63. The molecular formula is C12H16BrNO4S. The summed E-state index contributed by atoms with van der Waals surface area (Å²) >= 11 is 3.21. The Labute approximate surface area is 121 Å². The molecule has 2 N–H and O–H groups in total. The zero-order valence-corrected chi connectivity index (χ0v) is 13.3. The van der Waals surface area contributed by atoms with Gasteiger partial charge in [0.1, 0.15) is 0 Å². The summed E-state index contributed by atoms with van der Waals surface area (Å²) in [6, 6.07) is 2.60. The van der Waals surface area contributed by atoms with Crippen molar-refractivity contribution in [2.45, 2.75) is 25.7 Å². The van der Waals surface area contributed by atoms with Gasteiger partial charge in [-0.05, 0) is 30.5 Å². The summed E-state index contributed by atoms with van der Waals surface area (Å²) in [6.07, 6.45) is 0. The van der Waals surface area contributed by atoms with Crippen molar-refractivity contribution in [2.24, 2.45) is 11.1 Å². The zero-order chi connectivity index (χ0) is 14.8. The van der Waals surface area contributed by atoms with Crippen LogP contribution < -0.4 is 5.14 Å². The molecule has 0 bridgehead atoms. The monoisotopic (exact) mass is 349 g/mol. The molecule has 0 atom stereocenters. The number of rotatable bonds is 4. The molecule has 0 aliphatic carbocycles. The second-order valence-electron chi connectivity index (χ2n) is 4.61. The third kappa shape index (κ3) is 4.29. The molecule has 5 nitrogen and oxygen atoms in total. The molecule has 19 heavy (non-hydrogen) atoms. The number of sulfonamides is 1. The Kier molecular flexibility index (Phi) is 5.11. The number of ether oxygens (including phenoxy) is 1. The van der Waals surface area contributed by atoms with Gasteiger partial charge in [0.25, 0.3) is 0 Å². The van der Waals surface area contributed by atoms with Gasteiger partial charge < -0.3 is 4.74 Å². The van der Waals surface area contributed by atoms with Gasteiger partial charge in [0.2, 0.25) is 10.0 Å². The summed E-state index contributed by atoms with van der Waals surface area (Å²) in [5, 5.41) is 5.07. The third-order valence-corrected chi connectivity index (χ3v) is 4.13. The number of halogens is 1. The van der Waals surface area contributed by atoms with E-state index in [-0.39, 0.29) is 23.0 Å². The van der Waals surface area contributed by atoms with Gasteiger partial charge >= 0.3 is 5.97 Å². The fourth-order valence-corrected chi connectivity index (χ4v) is 2.53. The molecule has 1 rings (SSSR count). The van der Waals surface area contributed by atoms with E-state index in [0.717, 1.165) is 0 Å². The molecule has 106 valence electrons. The lowest BCUT2D eigenvalue weighted by Crippen LogP contribution is -2.16. The number of carbonyl (C=O) groups is 1. The second kappa shape index (κ2) is 6.02. The van der Waals surface area contributed by atoms with Gasteiger partial charge in [-0.1, -0.05) is 29.8 Å². The highest BCUT2D eigenvalue weighted by Crippen LogP contribution is 2.25. The molecule has 0 aliphatic rings. The third-order valence-electron chi connectivity index (χ3n) is 2.41. The number of benzene rings is 1. The van der Waals surface area contributed by atoms with Crippen molar-refractivity contribution in [3.05, 3.63) is 27.7 Å². The number of esters is 1. The molecule has 0 spiro atoms. The number of carbonyl (C=O) groups excluding carboxylic acids is 1. The number of primary sulfonamides is 1. The highest BCUT2D eigenvalue weighted by Gasteiger charge is 2.18. The average Bonchev–Trinajstić information content (AvgIpc) is 2.27. The lowest BCUT2D eigenvalue weighted by molar-refractivity contribution is 0.0457. The normalized spacial score (nSPS) is 11.7. The first-order valence-corrected chi connectivity index (χ1v) is 7.97. The SMILES string of the molecule is Cc1c(Br)cc(S(N)(=O)=O)cc1C(=O)OCC(C)C. The Balaban J connectivity index is 3.20. The summed E-state index contributed by atoms with van der Waals surface area (Å²) in [4.78, 5) is 11.8. The second-order valence-corrected chi connectivity index (χ2v) is 7.03. The van der Waals surface area contributed by atoms with Crippen molar-refractivity contribution in [3.63, 3.8) is 0 Å². The molecule has 0 saturated heterocycles. The van der Waals surface area contributed by atoms with E-state index in [1.54, 1.807) is 6.92 Å². The molecule has 0 saturated carbocycles. The van der Waals surface area contributed by atoms with E-state index in [1.165, 1.54) is 12.1 Å². The molecule has 0 radical (unpaired) electrons. The van der Waals surface area contributed by atoms with Crippen LogP contribution in [0.25, 0.3) is 0 Å². The van der Waals surface area contributed by atoms with E-state index in [0.29, 0.717) is 10.0 Å². The molecular weight excluding hydrogens is 334 g/mol. The fourth-order valence-electron chi connectivity index (χ4n) is 1.35. The van der Waals surface area contributed by atoms with Gasteiger partial charge in [-0.3, -0.25) is 0 Å². The molecule has 0 aliphatic heterocycles. The average molecular weight is 350 g/mol. The van der Waals surface area contributed by atoms with Crippen LogP contribution in [0, 0.1) is 12.8 Å². The highest BCUT2D eigenvalue weighted by atomic mass is 79.9. The highest BCUT2D eigenvalue weighted by molar-refractivity contribution is 9.10. The van der Waals surface area contributed by atoms with E-state index in [1.807, 2.05) is 13.8 Å². The van der Waals surface area contributed by atoms with Gasteiger partial charge in [-0.2, -0.15) is 0 Å². The minimum absolute atomic E-state index is 0.124. The van der Waals surface area contributed by atoms with E-state index in [2.05, 4.69) is 15.9 Å². The quantitative estimate of drug-likeness (QED) is 0.844. The van der Waals surface area contributed by atoms with Crippen LogP contribution in [0.4, 0.5) is 0 Å². The molecule has 0 fully saturated rings. The molecule has 0 unspecified atom stereocenters. The summed E-state index contributed by atoms with van der Waals surface area (Å²) in [7, 11) is -3.87. The van der Waals surface area contributed by atoms with Gasteiger partial charge in [0.15, 0.2) is 0 Å². The van der Waals surface area contributed by atoms with Gasteiger partial charge in [-0.25, -0.2) is 18.4 Å². The summed E-state index contributed by atoms with van der Waals surface area (Å²) < 4.78 is 28.3. The molecule has 0 aromatic heterocycles. The van der Waals surface area contributed by atoms with E-state index in [9.17, 15) is 13.2 Å². The minimum Gasteiger partial charge on any atom is -0.462 e. The van der Waals surface area contributed by atoms with E-state index in [4.69, 9.17) is 9.88 Å². The van der Waals surface area contributed by atoms with Crippen molar-refractivity contribution >= 4 is 31.9 Å². The maximum absolute atomic E-state index is 11.9. The standard InChI is InChI=1S/C12H16BrNO4S/c1-7(2)6-18-12(15)10-4-9(19(14,16)17)5-11(13)8(10)3/h4-5,7H,6H2,1-3H3,(H2,14,16,17). The van der Waals surface area contributed by atoms with Crippen molar-refractivity contribution in [2.75, 3.05) is 6.61 Å². The first kappa shape index (κ1) is 16.1. The van der Waals surface area contributed by atoms with E-state index >= 15 is 0 Å². The van der Waals surface area contributed by atoms with Crippen LogP contribution in [-0.4, -0.2) is 21.0 Å². The van der Waals surface area contributed by atoms with Crippen LogP contribution in [0.3, 0.4) is 0 Å². The van der Waals surface area contributed by atoms with Crippen molar-refractivity contribution in [1.82, 2.24) is 0 Å². The maximum atomic E-state index is 11.9. The lowest BCUT2D eigenvalue weighted by atomic mass is 10.1. The van der Waals surface area contributed by atoms with Crippen LogP contribution in [0.15, 0.2) is 21.5 Å². The molecule has 1 aromatic carbocycles. The molecule has 0 amide bonds. The predicted molar refractivity (Wildman–Crippen MR) is 75.4 cm³/mol. The van der Waals surface area contributed by atoms with Crippen molar-refractivity contribution < 1.29 is 17.9 Å². The summed E-state index contributed by atoms with van der Waals surface area (Å²) in [5.41, 5.74) is 0.806. The number of hydrogen-bond donors (Lipinski definition) is 1. The van der Waals surface area contributed by atoms with Crippen LogP contribution in [0.2, 0.25) is 0 Å². The van der Waals surface area contributed by atoms with Gasteiger partial charge in [0, 0.05) is 4.47 Å². The van der Waals surface area contributed by atoms with Crippen LogP contribution in [-0.2, 0) is 14.8 Å². The molecule has 7 heteroatoms. The molecule has 0 heterocycles. The topological polar surface area (TPSA) is 86.5 Å². The number of nitrogens with two attached hydrogens (primary N) is 1. The minimum atomic E-state index is -3.87. The summed E-state index contributed by atoms with van der Waals surface area (Å²) in [6.45, 7) is 5.80. The number of hydrogen-bond acceptors (Lipinski definition) is 4. The summed E-state index contributed by atoms with van der Waals surface area (Å²) in [5.74, 6) is -0.355. The Morgan fingerprint density at radius 2 is 2.00 bits per heavy atom. The van der Waals surface area contributed by atoms with Gasteiger partial charge in [0.05, 0.1) is 17.1 Å². The van der Waals surface area contributed by atoms with Crippen LogP contribution in [0.1, 0.15) is 29.8 Å². The lowest BCUT2D eigenvalue weighted by Gasteiger charge is -2.11. The van der Waals surface area contributed by atoms with Crippen molar-refractivity contribution in [3.8, 4) is 0 Å². The van der Waals surface area contributed by atoms with E-state index < -0.39 is 16.0 Å². The molecule has 1 aromatic rings. The predicted octanol–water partition coefficient (Wildman–Crippen LogP) is 2.22. The first-order chi connectivity index (χ1) is 8.62. The van der Waals surface area contributed by atoms with Crippen LogP contribution >= 0.6 is 15.9 Å². The smallest absolute Gasteiger partial charge is 0.338 e. The Morgan fingerprint density at radius 3 is 2.47 bits per heavy atom. The Hall–Kier alpha value is -0.920. The van der Waals surface area contributed by atoms with Crippen LogP contribution in [0.5, 0.6) is 0 Å². The Bertz CT molecular complexity index is 596. The largest absolute Gasteiger partial charge is 0.462 e. The van der Waals surface area contributed by atoms with Gasteiger partial charge in [-0.15, -0.1) is 0 Å². The van der Waals surface area contributed by atoms with Crippen molar-refractivity contribution in [1.29, 1.82) is 0 Å². The zero-order valence-electron chi connectivity index (χ0n) is 10.9. The fraction of sp³-hybridized carbons (Fsp3) is 0.417.